The first-order valence-electron chi connectivity index (χ1n) is 6.29. The van der Waals surface area contributed by atoms with Gasteiger partial charge in [0.25, 0.3) is 0 Å². The molecule has 3 rings (SSSR count). The van der Waals surface area contributed by atoms with E-state index in [0.717, 1.165) is 10.2 Å². The van der Waals surface area contributed by atoms with Gasteiger partial charge in [0.1, 0.15) is 11.3 Å². The molecule has 0 saturated carbocycles. The van der Waals surface area contributed by atoms with Crippen LogP contribution in [0.2, 0.25) is 12.0 Å². The van der Waals surface area contributed by atoms with Crippen molar-refractivity contribution < 1.29 is 9.76 Å². The smallest absolute Gasteiger partial charge is 0.376 e. The van der Waals surface area contributed by atoms with Crippen molar-refractivity contribution in [2.24, 2.45) is 0 Å². The van der Waals surface area contributed by atoms with Gasteiger partial charge in [0.15, 0.2) is 5.65 Å². The van der Waals surface area contributed by atoms with Crippen LogP contribution in [0.5, 0.6) is 0 Å². The van der Waals surface area contributed by atoms with Crippen LogP contribution in [0.15, 0.2) is 16.7 Å². The highest BCUT2D eigenvalue weighted by Gasteiger charge is 2.28. The highest BCUT2D eigenvalue weighted by atomic mass is 79.9. The first-order chi connectivity index (χ1) is 9.56. The van der Waals surface area contributed by atoms with Crippen LogP contribution in [0.4, 0.5) is 0 Å². The monoisotopic (exact) mass is 358 g/mol. The summed E-state index contributed by atoms with van der Waals surface area (Å²) in [4.78, 5) is 6.49. The molecule has 0 amide bonds. The maximum atomic E-state index is 9.68. The van der Waals surface area contributed by atoms with Gasteiger partial charge in [-0.3, -0.25) is 0 Å². The lowest BCUT2D eigenvalue weighted by atomic mass is 9.84. The Morgan fingerprint density at radius 2 is 2.40 bits per heavy atom. The standard InChI is InChI=1S/C11H13BBrClN4O2/c1-12(19)17-2-3-20-9(6-17)8-4-10(14)18-11(16-8)7(13)5-15-18/h4-5,9,19H,2-3,6H2,1H3. The number of ether oxygens (including phenoxy) is 1. The van der Waals surface area contributed by atoms with E-state index in [-0.39, 0.29) is 6.10 Å². The SMILES string of the molecule is CB(O)N1CCOC(c2cc(Cl)n3ncc(Br)c3n2)C1. The summed E-state index contributed by atoms with van der Waals surface area (Å²) in [5.41, 5.74) is 1.40. The Kier molecular flexibility index (Phi) is 4.01. The fraction of sp³-hybridized carbons (Fsp3) is 0.455. The van der Waals surface area contributed by atoms with Gasteiger partial charge in [0.05, 0.1) is 23.0 Å². The van der Waals surface area contributed by atoms with E-state index in [4.69, 9.17) is 16.3 Å². The quantitative estimate of drug-likeness (QED) is 0.652. The Balaban J connectivity index is 1.95. The van der Waals surface area contributed by atoms with E-state index in [1.807, 2.05) is 4.81 Å². The number of morpholine rings is 1. The zero-order valence-electron chi connectivity index (χ0n) is 10.8. The van der Waals surface area contributed by atoms with Gasteiger partial charge in [-0.1, -0.05) is 11.6 Å². The first kappa shape index (κ1) is 14.3. The fourth-order valence-corrected chi connectivity index (χ4v) is 2.85. The number of rotatable bonds is 2. The molecule has 0 spiro atoms. The van der Waals surface area contributed by atoms with Crippen molar-refractivity contribution in [3.05, 3.63) is 27.6 Å². The van der Waals surface area contributed by atoms with Crippen LogP contribution >= 0.6 is 27.5 Å². The topological polar surface area (TPSA) is 62.9 Å². The Labute approximate surface area is 129 Å². The molecule has 1 atom stereocenters. The lowest BCUT2D eigenvalue weighted by Crippen LogP contribution is -2.46. The molecule has 1 fully saturated rings. The Morgan fingerprint density at radius 1 is 1.60 bits per heavy atom. The van der Waals surface area contributed by atoms with Crippen molar-refractivity contribution in [2.45, 2.75) is 12.9 Å². The summed E-state index contributed by atoms with van der Waals surface area (Å²) >= 11 is 9.61. The van der Waals surface area contributed by atoms with Crippen molar-refractivity contribution >= 4 is 40.2 Å². The van der Waals surface area contributed by atoms with Gasteiger partial charge in [-0.2, -0.15) is 5.10 Å². The predicted molar refractivity (Wildman–Crippen MR) is 79.8 cm³/mol. The molecule has 1 saturated heterocycles. The van der Waals surface area contributed by atoms with Crippen LogP contribution in [-0.4, -0.2) is 51.2 Å². The zero-order chi connectivity index (χ0) is 14.3. The van der Waals surface area contributed by atoms with Crippen LogP contribution < -0.4 is 0 Å². The van der Waals surface area contributed by atoms with E-state index in [1.54, 1.807) is 23.6 Å². The molecule has 20 heavy (non-hydrogen) atoms. The molecular formula is C11H13BBrClN4O2. The van der Waals surface area contributed by atoms with E-state index >= 15 is 0 Å². The third kappa shape index (κ3) is 2.58. The molecule has 1 aliphatic rings. The van der Waals surface area contributed by atoms with Crippen LogP contribution in [0.25, 0.3) is 5.65 Å². The second-order valence-electron chi connectivity index (χ2n) is 4.72. The van der Waals surface area contributed by atoms with Crippen LogP contribution in [0, 0.1) is 0 Å². The van der Waals surface area contributed by atoms with Crippen LogP contribution in [0.1, 0.15) is 11.8 Å². The van der Waals surface area contributed by atoms with Gasteiger partial charge in [0.2, 0.25) is 0 Å². The second-order valence-corrected chi connectivity index (χ2v) is 5.96. The van der Waals surface area contributed by atoms with E-state index in [0.29, 0.717) is 30.5 Å². The summed E-state index contributed by atoms with van der Waals surface area (Å²) in [6, 6.07) is 1.75. The van der Waals surface area contributed by atoms with Gasteiger partial charge in [-0.25, -0.2) is 9.50 Å². The maximum absolute atomic E-state index is 9.68. The molecule has 0 radical (unpaired) electrons. The largest absolute Gasteiger partial charge is 0.437 e. The third-order valence-corrected chi connectivity index (χ3v) is 4.19. The zero-order valence-corrected chi connectivity index (χ0v) is 13.2. The number of halogens is 2. The van der Waals surface area contributed by atoms with Crippen molar-refractivity contribution in [3.63, 3.8) is 0 Å². The molecule has 2 aromatic heterocycles. The molecule has 1 unspecified atom stereocenters. The normalized spacial score (nSPS) is 20.5. The molecule has 2 aromatic rings. The minimum atomic E-state index is -0.498. The van der Waals surface area contributed by atoms with E-state index in [1.165, 1.54) is 0 Å². The van der Waals surface area contributed by atoms with Gasteiger partial charge < -0.3 is 14.6 Å². The molecule has 106 valence electrons. The molecule has 9 heteroatoms. The lowest BCUT2D eigenvalue weighted by Gasteiger charge is -2.33. The molecule has 0 aliphatic carbocycles. The predicted octanol–water partition coefficient (Wildman–Crippen LogP) is 1.63. The van der Waals surface area contributed by atoms with Crippen molar-refractivity contribution in [1.29, 1.82) is 0 Å². The van der Waals surface area contributed by atoms with E-state index in [2.05, 4.69) is 26.0 Å². The summed E-state index contributed by atoms with van der Waals surface area (Å²) in [7, 11) is -0.498. The highest BCUT2D eigenvalue weighted by Crippen LogP contribution is 2.26. The Hall–Kier alpha value is -0.665. The van der Waals surface area contributed by atoms with E-state index < -0.39 is 7.05 Å². The van der Waals surface area contributed by atoms with Crippen molar-refractivity contribution in [1.82, 2.24) is 19.4 Å². The summed E-state index contributed by atoms with van der Waals surface area (Å²) in [5.74, 6) is 0. The first-order valence-corrected chi connectivity index (χ1v) is 7.47. The lowest BCUT2D eigenvalue weighted by molar-refractivity contribution is -0.0103. The summed E-state index contributed by atoms with van der Waals surface area (Å²) < 4.78 is 8.09. The number of hydrogen-bond acceptors (Lipinski definition) is 5. The molecule has 6 nitrogen and oxygen atoms in total. The average Bonchev–Trinajstić information content (AvgIpc) is 2.81. The van der Waals surface area contributed by atoms with E-state index in [9.17, 15) is 5.02 Å². The Morgan fingerprint density at radius 3 is 3.15 bits per heavy atom. The highest BCUT2D eigenvalue weighted by molar-refractivity contribution is 9.10. The molecule has 1 aliphatic heterocycles. The Bertz CT molecular complexity index is 638. The molecule has 3 heterocycles. The summed E-state index contributed by atoms with van der Waals surface area (Å²) in [5, 5.41) is 14.3. The number of nitrogens with zero attached hydrogens (tertiary/aromatic N) is 4. The molecule has 0 aromatic carbocycles. The van der Waals surface area contributed by atoms with Crippen LogP contribution in [0.3, 0.4) is 0 Å². The van der Waals surface area contributed by atoms with Gasteiger partial charge in [-0.05, 0) is 28.8 Å². The fourth-order valence-electron chi connectivity index (χ4n) is 2.27. The average molecular weight is 359 g/mol. The molecule has 1 N–H and O–H groups in total. The third-order valence-electron chi connectivity index (χ3n) is 3.36. The summed E-state index contributed by atoms with van der Waals surface area (Å²) in [6.45, 7) is 3.60. The number of fused-ring (bicyclic) bond motifs is 1. The van der Waals surface area contributed by atoms with Crippen molar-refractivity contribution in [3.8, 4) is 0 Å². The number of aromatic nitrogens is 3. The van der Waals surface area contributed by atoms with Gasteiger partial charge >= 0.3 is 7.05 Å². The van der Waals surface area contributed by atoms with Crippen molar-refractivity contribution in [2.75, 3.05) is 19.7 Å². The molecular weight excluding hydrogens is 346 g/mol. The molecule has 0 bridgehead atoms. The second kappa shape index (κ2) is 5.61. The van der Waals surface area contributed by atoms with Gasteiger partial charge in [0, 0.05) is 13.1 Å². The summed E-state index contributed by atoms with van der Waals surface area (Å²) in [6.07, 6.45) is 1.45. The number of hydrogen-bond donors (Lipinski definition) is 1. The van der Waals surface area contributed by atoms with Gasteiger partial charge in [-0.15, -0.1) is 0 Å². The van der Waals surface area contributed by atoms with Crippen LogP contribution in [-0.2, 0) is 4.74 Å². The maximum Gasteiger partial charge on any atom is 0.376 e. The minimum Gasteiger partial charge on any atom is -0.437 e. The minimum absolute atomic E-state index is 0.206.